The third-order valence-electron chi connectivity index (χ3n) is 4.92. The first kappa shape index (κ1) is 20.3. The fourth-order valence-electron chi connectivity index (χ4n) is 3.42. The van der Waals surface area contributed by atoms with E-state index < -0.39 is 0 Å². The number of nitrogens with zero attached hydrogens (tertiary/aromatic N) is 2. The van der Waals surface area contributed by atoms with Crippen LogP contribution in [0.5, 0.6) is 0 Å². The Balaban J connectivity index is 1.37. The number of nitrogens with one attached hydrogen (secondary N) is 2. The summed E-state index contributed by atoms with van der Waals surface area (Å²) in [7, 11) is 0.0586. The quantitative estimate of drug-likeness (QED) is 0.242. The van der Waals surface area contributed by atoms with Gasteiger partial charge in [-0.3, -0.25) is 9.59 Å². The van der Waals surface area contributed by atoms with Crippen LogP contribution in [0.4, 0.5) is 0 Å². The molecule has 2 aromatic heterocycles. The smallest absolute Gasteiger partial charge is 0.146 e. The molecule has 5 rings (SSSR count). The van der Waals surface area contributed by atoms with E-state index in [0.29, 0.717) is 11.1 Å². The number of aromatic amines is 2. The topological polar surface area (TPSA) is 91.5 Å². The molecule has 154 valence electrons. The summed E-state index contributed by atoms with van der Waals surface area (Å²) in [5.41, 5.74) is 8.81. The lowest BCUT2D eigenvalue weighted by Crippen LogP contribution is -1.97. The molecule has 32 heavy (non-hydrogen) atoms. The number of rotatable bonds is 5. The van der Waals surface area contributed by atoms with E-state index in [1.807, 2.05) is 60.7 Å². The first-order valence-corrected chi connectivity index (χ1v) is 11.9. The van der Waals surface area contributed by atoms with Gasteiger partial charge in [0.15, 0.2) is 0 Å². The van der Waals surface area contributed by atoms with E-state index in [-0.39, 0.29) is 17.2 Å². The van der Waals surface area contributed by atoms with Gasteiger partial charge in [-0.1, -0.05) is 30.0 Å². The van der Waals surface area contributed by atoms with Crippen LogP contribution in [-0.4, -0.2) is 32.0 Å². The van der Waals surface area contributed by atoms with Gasteiger partial charge in [-0.25, -0.2) is 9.97 Å². The van der Waals surface area contributed by atoms with Crippen molar-refractivity contribution >= 4 is 62.4 Å². The Bertz CT molecular complexity index is 1520. The zero-order chi connectivity index (χ0) is 21.9. The molecule has 0 aliphatic heterocycles. The predicted octanol–water partition coefficient (Wildman–Crippen LogP) is 3.49. The Morgan fingerprint density at radius 1 is 0.656 bits per heavy atom. The van der Waals surface area contributed by atoms with Crippen LogP contribution in [0.3, 0.4) is 0 Å². The summed E-state index contributed by atoms with van der Waals surface area (Å²) in [5.74, 6) is 6.38. The summed E-state index contributed by atoms with van der Waals surface area (Å²) in [4.78, 5) is 36.6. The van der Waals surface area contributed by atoms with Crippen LogP contribution in [0.25, 0.3) is 33.2 Å². The Hall–Kier alpha value is -3.64. The maximum Gasteiger partial charge on any atom is 0.146 e. The van der Waals surface area contributed by atoms with Gasteiger partial charge >= 0.3 is 0 Å². The third kappa shape index (κ3) is 4.22. The fraction of sp³-hybridized carbons (Fsp3) is 0. The van der Waals surface area contributed by atoms with Crippen molar-refractivity contribution in [3.8, 4) is 23.0 Å². The zero-order valence-electron chi connectivity index (χ0n) is 16.6. The van der Waals surface area contributed by atoms with Crippen LogP contribution in [0.15, 0.2) is 60.7 Å². The molecule has 0 spiro atoms. The highest BCUT2D eigenvalue weighted by Gasteiger charge is 2.05. The van der Waals surface area contributed by atoms with Gasteiger partial charge in [0.25, 0.3) is 0 Å². The lowest BCUT2D eigenvalue weighted by atomic mass is 10.0. The molecule has 2 N–H and O–H groups in total. The number of H-pyrrole nitrogens is 2. The monoisotopic (exact) mass is 454 g/mol. The minimum Gasteiger partial charge on any atom is -0.338 e. The highest BCUT2D eigenvalue weighted by molar-refractivity contribution is 7.62. The van der Waals surface area contributed by atoms with Crippen molar-refractivity contribution < 1.29 is 9.59 Å². The largest absolute Gasteiger partial charge is 0.338 e. The summed E-state index contributed by atoms with van der Waals surface area (Å²) < 4.78 is 0. The van der Waals surface area contributed by atoms with Crippen molar-refractivity contribution in [2.75, 3.05) is 0 Å². The molecule has 3 aromatic carbocycles. The molecular weight excluding hydrogens is 438 g/mol. The van der Waals surface area contributed by atoms with Gasteiger partial charge in [-0.05, 0) is 53.6 Å². The van der Waals surface area contributed by atoms with Gasteiger partial charge in [-0.15, -0.1) is 0 Å². The summed E-state index contributed by atoms with van der Waals surface area (Å²) in [5, 5.41) is 0. The van der Waals surface area contributed by atoms with Gasteiger partial charge in [0, 0.05) is 28.3 Å². The standard InChI is InChI=1S/C24H16N4O2P2/c29-13-31-23-25-19-9-5-16(11-21(19)27-23)2-1-15-3-6-17(7-4-15)18-8-10-20-22(12-18)28-24(26-20)32-14-30/h3-14,31-32H,(H,25,27)(H,26,28). The first-order valence-electron chi connectivity index (χ1n) is 9.74. The van der Waals surface area contributed by atoms with E-state index in [4.69, 9.17) is 0 Å². The Morgan fingerprint density at radius 3 is 1.84 bits per heavy atom. The molecule has 0 amide bonds. The average Bonchev–Trinajstić information content (AvgIpc) is 3.40. The van der Waals surface area contributed by atoms with Crippen LogP contribution in [0.2, 0.25) is 0 Å². The molecule has 0 radical (unpaired) electrons. The number of hydrogen-bond acceptors (Lipinski definition) is 4. The zero-order valence-corrected chi connectivity index (χ0v) is 18.6. The van der Waals surface area contributed by atoms with Gasteiger partial charge in [-0.2, -0.15) is 0 Å². The minimum atomic E-state index is 0.0252. The molecule has 0 aliphatic carbocycles. The fourth-order valence-corrected chi connectivity index (χ4v) is 4.42. The van der Waals surface area contributed by atoms with Crippen LogP contribution in [0.1, 0.15) is 11.1 Å². The van der Waals surface area contributed by atoms with Crippen molar-refractivity contribution in [3.05, 3.63) is 71.8 Å². The molecule has 6 nitrogen and oxygen atoms in total. The molecule has 0 aliphatic rings. The predicted molar refractivity (Wildman–Crippen MR) is 133 cm³/mol. The lowest BCUT2D eigenvalue weighted by molar-refractivity contribution is 0.569. The van der Waals surface area contributed by atoms with E-state index in [9.17, 15) is 9.59 Å². The third-order valence-corrected chi connectivity index (χ3v) is 6.18. The second kappa shape index (κ2) is 8.85. The Kier molecular flexibility index (Phi) is 5.60. The van der Waals surface area contributed by atoms with Gasteiger partial charge in [0.05, 0.1) is 22.1 Å². The average molecular weight is 454 g/mol. The highest BCUT2D eigenvalue weighted by atomic mass is 31.1. The van der Waals surface area contributed by atoms with Crippen LogP contribution < -0.4 is 11.1 Å². The second-order valence-electron chi connectivity index (χ2n) is 6.99. The highest BCUT2D eigenvalue weighted by Crippen LogP contribution is 2.23. The van der Waals surface area contributed by atoms with E-state index in [2.05, 4.69) is 31.8 Å². The molecule has 0 bridgehead atoms. The van der Waals surface area contributed by atoms with Crippen molar-refractivity contribution in [1.82, 2.24) is 19.9 Å². The molecule has 0 saturated heterocycles. The lowest BCUT2D eigenvalue weighted by Gasteiger charge is -2.02. The Labute approximate surface area is 186 Å². The summed E-state index contributed by atoms with van der Waals surface area (Å²) >= 11 is 0. The van der Waals surface area contributed by atoms with Crippen molar-refractivity contribution in [2.24, 2.45) is 0 Å². The van der Waals surface area contributed by atoms with Crippen LogP contribution >= 0.6 is 17.2 Å². The first-order chi connectivity index (χ1) is 15.7. The maximum atomic E-state index is 10.7. The van der Waals surface area contributed by atoms with Crippen LogP contribution in [0, 0.1) is 11.8 Å². The minimum absolute atomic E-state index is 0.0252. The molecule has 5 aromatic rings. The van der Waals surface area contributed by atoms with Crippen molar-refractivity contribution in [1.29, 1.82) is 0 Å². The summed E-state index contributed by atoms with van der Waals surface area (Å²) in [6.07, 6.45) is 0. The number of imidazole rings is 2. The molecule has 2 atom stereocenters. The van der Waals surface area contributed by atoms with Crippen molar-refractivity contribution in [2.45, 2.75) is 0 Å². The number of carbonyl (C=O) groups is 2. The van der Waals surface area contributed by atoms with Gasteiger partial charge in [0.2, 0.25) is 0 Å². The molecule has 2 heterocycles. The second-order valence-corrected chi connectivity index (χ2v) is 8.98. The molecular formula is C24H16N4O2P2. The van der Waals surface area contributed by atoms with E-state index in [1.54, 1.807) is 0 Å². The molecule has 0 saturated carbocycles. The SMILES string of the molecule is O=CPc1nc2ccc(C#Cc3ccc(-c4ccc5nc(PC=O)[nH]c5c4)cc3)cc2[nH]1. The maximum absolute atomic E-state index is 10.7. The number of hydrogen-bond donors (Lipinski definition) is 2. The molecule has 0 fully saturated rings. The normalized spacial score (nSPS) is 11.5. The van der Waals surface area contributed by atoms with Gasteiger partial charge in [0.1, 0.15) is 23.2 Å². The van der Waals surface area contributed by atoms with Crippen molar-refractivity contribution in [3.63, 3.8) is 0 Å². The number of carbonyl (C=O) groups excluding carboxylic acids is 2. The summed E-state index contributed by atoms with van der Waals surface area (Å²) in [6.45, 7) is 0. The van der Waals surface area contributed by atoms with E-state index in [0.717, 1.165) is 56.4 Å². The number of aromatic nitrogens is 4. The number of fused-ring (bicyclic) bond motifs is 2. The van der Waals surface area contributed by atoms with E-state index >= 15 is 0 Å². The Morgan fingerprint density at radius 2 is 1.19 bits per heavy atom. The van der Waals surface area contributed by atoms with Crippen LogP contribution in [-0.2, 0) is 9.59 Å². The summed E-state index contributed by atoms with van der Waals surface area (Å²) in [6, 6.07) is 21.6. The number of benzene rings is 3. The molecule has 2 unspecified atom stereocenters. The van der Waals surface area contributed by atoms with Gasteiger partial charge < -0.3 is 9.97 Å². The van der Waals surface area contributed by atoms with E-state index in [1.165, 1.54) is 0 Å². The molecule has 8 heteroatoms.